The van der Waals surface area contributed by atoms with Gasteiger partial charge in [-0.2, -0.15) is 0 Å². The van der Waals surface area contributed by atoms with Crippen molar-refractivity contribution in [3.8, 4) is 0 Å². The van der Waals surface area contributed by atoms with Crippen molar-refractivity contribution in [2.75, 3.05) is 6.54 Å². The number of carbonyl (C=O) groups is 2. The van der Waals surface area contributed by atoms with Crippen molar-refractivity contribution in [3.05, 3.63) is 0 Å². The van der Waals surface area contributed by atoms with E-state index in [-0.39, 0.29) is 6.42 Å². The summed E-state index contributed by atoms with van der Waals surface area (Å²) in [6.45, 7) is 1.88. The number of hydrogen-bond donors (Lipinski definition) is 4. The number of nitrogens with two attached hydrogens (primary N) is 2. The molecule has 0 aromatic rings. The van der Waals surface area contributed by atoms with Crippen molar-refractivity contribution in [1.29, 1.82) is 0 Å². The first-order chi connectivity index (χ1) is 5.91. The molecule has 1 atom stereocenters. The van der Waals surface area contributed by atoms with Gasteiger partial charge in [-0.25, -0.2) is 0 Å². The summed E-state index contributed by atoms with van der Waals surface area (Å²) < 4.78 is 0. The standard InChI is InChI=1S/C4H9NO2.C3H7NO2/c5-3-1-2-4(6)7;1-2(4)3(5)6/h1-3,5H2,(H,6,7);2H,4H2,1H3,(H,5,6)/t;2-/m.0/s1. The average Bonchev–Trinajstić information content (AvgIpc) is 2.01. The second kappa shape index (κ2) is 8.95. The van der Waals surface area contributed by atoms with Crippen LogP contribution in [0, 0.1) is 0 Å². The summed E-state index contributed by atoms with van der Waals surface area (Å²) in [4.78, 5) is 19.3. The van der Waals surface area contributed by atoms with Gasteiger partial charge in [0.25, 0.3) is 0 Å². The van der Waals surface area contributed by atoms with Crippen LogP contribution in [0.3, 0.4) is 0 Å². The molecular formula is C7H16N2O4. The van der Waals surface area contributed by atoms with E-state index >= 15 is 0 Å². The number of carboxylic acids is 2. The molecule has 0 bridgehead atoms. The van der Waals surface area contributed by atoms with Crippen molar-refractivity contribution >= 4 is 11.9 Å². The molecule has 0 rings (SSSR count). The Morgan fingerprint density at radius 3 is 1.85 bits per heavy atom. The topological polar surface area (TPSA) is 127 Å². The minimum Gasteiger partial charge on any atom is -0.481 e. The van der Waals surface area contributed by atoms with Crippen molar-refractivity contribution in [2.45, 2.75) is 25.8 Å². The van der Waals surface area contributed by atoms with Gasteiger partial charge >= 0.3 is 11.9 Å². The largest absolute Gasteiger partial charge is 0.481 e. The minimum absolute atomic E-state index is 0.191. The number of aliphatic carboxylic acids is 2. The van der Waals surface area contributed by atoms with Gasteiger partial charge in [-0.3, -0.25) is 9.59 Å². The van der Waals surface area contributed by atoms with Gasteiger partial charge < -0.3 is 21.7 Å². The number of carboxylic acid groups (broad SMARTS) is 2. The molecule has 0 aliphatic carbocycles. The van der Waals surface area contributed by atoms with E-state index in [2.05, 4.69) is 0 Å². The molecule has 0 aliphatic heterocycles. The summed E-state index contributed by atoms with van der Waals surface area (Å²) in [5, 5.41) is 15.9. The van der Waals surface area contributed by atoms with Crippen LogP contribution in [-0.2, 0) is 9.59 Å². The van der Waals surface area contributed by atoms with Gasteiger partial charge in [-0.15, -0.1) is 0 Å². The summed E-state index contributed by atoms with van der Waals surface area (Å²) in [6.07, 6.45) is 0.770. The predicted octanol–water partition coefficient (Wildman–Crippen LogP) is -0.772. The Morgan fingerprint density at radius 1 is 1.38 bits per heavy atom. The molecule has 0 radical (unpaired) electrons. The van der Waals surface area contributed by atoms with E-state index in [1.165, 1.54) is 6.92 Å². The molecule has 6 nitrogen and oxygen atoms in total. The van der Waals surface area contributed by atoms with Crippen molar-refractivity contribution in [1.82, 2.24) is 0 Å². The molecule has 78 valence electrons. The van der Waals surface area contributed by atoms with Crippen molar-refractivity contribution in [3.63, 3.8) is 0 Å². The van der Waals surface area contributed by atoms with Crippen LogP contribution in [0.25, 0.3) is 0 Å². The van der Waals surface area contributed by atoms with Gasteiger partial charge in [-0.05, 0) is 19.9 Å². The predicted molar refractivity (Wildman–Crippen MR) is 47.2 cm³/mol. The Balaban J connectivity index is 0. The van der Waals surface area contributed by atoms with E-state index in [0.29, 0.717) is 13.0 Å². The fraction of sp³-hybridized carbons (Fsp3) is 0.714. The van der Waals surface area contributed by atoms with E-state index in [0.717, 1.165) is 0 Å². The molecule has 0 unspecified atom stereocenters. The van der Waals surface area contributed by atoms with Crippen LogP contribution in [0.15, 0.2) is 0 Å². The number of hydrogen-bond acceptors (Lipinski definition) is 4. The third-order valence-electron chi connectivity index (χ3n) is 0.984. The molecule has 6 heteroatoms. The second-order valence-corrected chi connectivity index (χ2v) is 2.41. The van der Waals surface area contributed by atoms with Crippen LogP contribution in [0.2, 0.25) is 0 Å². The van der Waals surface area contributed by atoms with Gasteiger partial charge in [0.1, 0.15) is 6.04 Å². The highest BCUT2D eigenvalue weighted by atomic mass is 16.4. The average molecular weight is 192 g/mol. The first-order valence-corrected chi connectivity index (χ1v) is 3.82. The van der Waals surface area contributed by atoms with E-state index in [4.69, 9.17) is 21.7 Å². The van der Waals surface area contributed by atoms with Gasteiger partial charge in [0.2, 0.25) is 0 Å². The zero-order valence-electron chi connectivity index (χ0n) is 7.56. The summed E-state index contributed by atoms with van der Waals surface area (Å²) in [5.74, 6) is -1.74. The fourth-order valence-corrected chi connectivity index (χ4v) is 0.253. The van der Waals surface area contributed by atoms with Gasteiger partial charge in [0.05, 0.1) is 0 Å². The van der Waals surface area contributed by atoms with Crippen molar-refractivity contribution in [2.24, 2.45) is 11.5 Å². The molecule has 0 spiro atoms. The van der Waals surface area contributed by atoms with E-state index < -0.39 is 18.0 Å². The maximum atomic E-state index is 9.70. The van der Waals surface area contributed by atoms with E-state index in [1.807, 2.05) is 0 Å². The van der Waals surface area contributed by atoms with Crippen LogP contribution in [0.4, 0.5) is 0 Å². The first kappa shape index (κ1) is 14.4. The molecule has 0 heterocycles. The minimum atomic E-state index is -0.963. The molecular weight excluding hydrogens is 176 g/mol. The Hall–Kier alpha value is -1.14. The van der Waals surface area contributed by atoms with Crippen LogP contribution in [0.1, 0.15) is 19.8 Å². The maximum Gasteiger partial charge on any atom is 0.320 e. The van der Waals surface area contributed by atoms with E-state index in [9.17, 15) is 9.59 Å². The van der Waals surface area contributed by atoms with E-state index in [1.54, 1.807) is 0 Å². The lowest BCUT2D eigenvalue weighted by Crippen LogP contribution is -2.25. The fourth-order valence-electron chi connectivity index (χ4n) is 0.253. The zero-order valence-corrected chi connectivity index (χ0v) is 7.56. The van der Waals surface area contributed by atoms with Gasteiger partial charge in [0.15, 0.2) is 0 Å². The van der Waals surface area contributed by atoms with Crippen molar-refractivity contribution < 1.29 is 19.8 Å². The third kappa shape index (κ3) is 18.1. The van der Waals surface area contributed by atoms with Crippen LogP contribution in [-0.4, -0.2) is 34.7 Å². The summed E-state index contributed by atoms with van der Waals surface area (Å²) >= 11 is 0. The molecule has 0 saturated carbocycles. The zero-order chi connectivity index (χ0) is 10.9. The highest BCUT2D eigenvalue weighted by Crippen LogP contribution is 1.82. The monoisotopic (exact) mass is 192 g/mol. The van der Waals surface area contributed by atoms with Crippen LogP contribution in [0.5, 0.6) is 0 Å². The Kier molecular flexibility index (Phi) is 9.91. The van der Waals surface area contributed by atoms with Gasteiger partial charge in [-0.1, -0.05) is 0 Å². The normalized spacial score (nSPS) is 11.0. The summed E-state index contributed by atoms with van der Waals surface area (Å²) in [7, 11) is 0. The maximum absolute atomic E-state index is 9.70. The molecule has 0 aromatic carbocycles. The number of rotatable bonds is 4. The molecule has 0 saturated heterocycles. The lowest BCUT2D eigenvalue weighted by Gasteiger charge is -1.90. The first-order valence-electron chi connectivity index (χ1n) is 3.82. The summed E-state index contributed by atoms with van der Waals surface area (Å²) in [6, 6.07) is -0.731. The quantitative estimate of drug-likeness (QED) is 0.463. The smallest absolute Gasteiger partial charge is 0.320 e. The second-order valence-electron chi connectivity index (χ2n) is 2.41. The highest BCUT2D eigenvalue weighted by molar-refractivity contribution is 5.72. The highest BCUT2D eigenvalue weighted by Gasteiger charge is 1.99. The lowest BCUT2D eigenvalue weighted by molar-refractivity contribution is -0.138. The Labute approximate surface area is 76.5 Å². The SMILES string of the molecule is C[C@H](N)C(=O)O.NCCCC(=O)O. The molecule has 6 N–H and O–H groups in total. The Bertz CT molecular complexity index is 159. The van der Waals surface area contributed by atoms with Crippen LogP contribution >= 0.6 is 0 Å². The lowest BCUT2D eigenvalue weighted by atomic mass is 10.3. The molecule has 0 aromatic heterocycles. The summed E-state index contributed by atoms with van der Waals surface area (Å²) in [5.41, 5.74) is 9.85. The Morgan fingerprint density at radius 2 is 1.77 bits per heavy atom. The molecule has 13 heavy (non-hydrogen) atoms. The molecule has 0 amide bonds. The molecule has 0 fully saturated rings. The third-order valence-corrected chi connectivity index (χ3v) is 0.984. The van der Waals surface area contributed by atoms with Gasteiger partial charge in [0, 0.05) is 6.42 Å². The van der Waals surface area contributed by atoms with Crippen LogP contribution < -0.4 is 11.5 Å². The molecule has 0 aliphatic rings.